The summed E-state index contributed by atoms with van der Waals surface area (Å²) in [4.78, 5) is 60.8. The lowest BCUT2D eigenvalue weighted by Crippen LogP contribution is -2.18. The third-order valence-electron chi connectivity index (χ3n) is 6.04. The first-order valence-corrected chi connectivity index (χ1v) is 13.6. The van der Waals surface area contributed by atoms with Gasteiger partial charge in [0.1, 0.15) is 17.1 Å². The van der Waals surface area contributed by atoms with Crippen LogP contribution < -0.4 is 10.6 Å². The number of nitrogens with one attached hydrogen (secondary N) is 2. The van der Waals surface area contributed by atoms with Gasteiger partial charge in [-0.05, 0) is 30.9 Å². The molecule has 2 amide bonds. The SMILES string of the molecule is CCOC(=O)c1cc(NC(=O)c2cc(NC(=O)c3cc([N+](=O)[O-])cn3CC(C)C)cn2CC(C)C)cn1CCC(=O)O. The van der Waals surface area contributed by atoms with Crippen LogP contribution in [-0.2, 0) is 29.2 Å². The highest BCUT2D eigenvalue weighted by atomic mass is 16.6. The average Bonchev–Trinajstić information content (AvgIpc) is 3.59. The molecule has 14 nitrogen and oxygen atoms in total. The number of esters is 1. The number of carboxylic acids is 1. The monoisotopic (exact) mass is 584 g/mol. The minimum absolute atomic E-state index is 0.00401. The van der Waals surface area contributed by atoms with E-state index in [1.807, 2.05) is 27.7 Å². The third kappa shape index (κ3) is 8.08. The number of amides is 2. The molecule has 3 aromatic heterocycles. The van der Waals surface area contributed by atoms with Crippen molar-refractivity contribution >= 4 is 40.8 Å². The van der Waals surface area contributed by atoms with Crippen molar-refractivity contribution in [1.29, 1.82) is 0 Å². The molecule has 3 rings (SSSR count). The van der Waals surface area contributed by atoms with Crippen LogP contribution in [0.5, 0.6) is 0 Å². The fourth-order valence-electron chi connectivity index (χ4n) is 4.39. The predicted molar refractivity (Wildman–Crippen MR) is 154 cm³/mol. The maximum Gasteiger partial charge on any atom is 0.355 e. The van der Waals surface area contributed by atoms with E-state index in [4.69, 9.17) is 9.84 Å². The second kappa shape index (κ2) is 13.7. The van der Waals surface area contributed by atoms with E-state index in [1.54, 1.807) is 17.7 Å². The molecule has 3 aromatic rings. The quantitative estimate of drug-likeness (QED) is 0.141. The van der Waals surface area contributed by atoms with Crippen LogP contribution >= 0.6 is 0 Å². The zero-order valence-corrected chi connectivity index (χ0v) is 24.2. The highest BCUT2D eigenvalue weighted by molar-refractivity contribution is 6.07. The van der Waals surface area contributed by atoms with Crippen molar-refractivity contribution in [1.82, 2.24) is 13.7 Å². The van der Waals surface area contributed by atoms with Crippen molar-refractivity contribution in [2.24, 2.45) is 11.8 Å². The molecule has 0 aromatic carbocycles. The molecular formula is C28H36N6O8. The Balaban J connectivity index is 1.89. The summed E-state index contributed by atoms with van der Waals surface area (Å²) in [5.74, 6) is -2.51. The number of anilines is 2. The van der Waals surface area contributed by atoms with Crippen LogP contribution in [0.25, 0.3) is 0 Å². The zero-order valence-electron chi connectivity index (χ0n) is 24.2. The molecule has 0 aliphatic heterocycles. The standard InChI is InChI=1S/C28H36N6O8/c1-6-42-28(39)24-10-20(14-31(24)8-7-25(35)36)30-26(37)22-9-19(15-32(22)12-17(2)3)29-27(38)23-11-21(34(40)41)16-33(23)13-18(4)5/h9-11,14-18H,6-8,12-13H2,1-5H3,(H,29,38)(H,30,37)(H,35,36). The van der Waals surface area contributed by atoms with E-state index in [0.717, 1.165) is 0 Å². The number of hydrogen-bond donors (Lipinski definition) is 3. The Morgan fingerprint density at radius 1 is 0.857 bits per heavy atom. The summed E-state index contributed by atoms with van der Waals surface area (Å²) in [6.07, 6.45) is 4.16. The number of rotatable bonds is 14. The van der Waals surface area contributed by atoms with Gasteiger partial charge < -0.3 is 34.2 Å². The Morgan fingerprint density at radius 2 is 1.36 bits per heavy atom. The van der Waals surface area contributed by atoms with Crippen LogP contribution in [-0.4, -0.2) is 54.1 Å². The Bertz CT molecular complexity index is 1480. The fourth-order valence-corrected chi connectivity index (χ4v) is 4.39. The Labute approximate surface area is 242 Å². The second-order valence-electron chi connectivity index (χ2n) is 10.6. The van der Waals surface area contributed by atoms with Gasteiger partial charge in [0.15, 0.2) is 0 Å². The number of carbonyl (C=O) groups is 4. The minimum Gasteiger partial charge on any atom is -0.481 e. The van der Waals surface area contributed by atoms with E-state index in [1.165, 1.54) is 39.7 Å². The smallest absolute Gasteiger partial charge is 0.355 e. The minimum atomic E-state index is -1.05. The molecular weight excluding hydrogens is 548 g/mol. The van der Waals surface area contributed by atoms with Crippen molar-refractivity contribution in [3.8, 4) is 0 Å². The summed E-state index contributed by atoms with van der Waals surface area (Å²) >= 11 is 0. The third-order valence-corrected chi connectivity index (χ3v) is 6.04. The fraction of sp³-hybridized carbons (Fsp3) is 0.429. The molecule has 0 radical (unpaired) electrons. The van der Waals surface area contributed by atoms with E-state index in [2.05, 4.69) is 10.6 Å². The van der Waals surface area contributed by atoms with Gasteiger partial charge >= 0.3 is 11.9 Å². The van der Waals surface area contributed by atoms with Crippen molar-refractivity contribution in [3.05, 3.63) is 64.0 Å². The molecule has 3 N–H and O–H groups in total. The van der Waals surface area contributed by atoms with Gasteiger partial charge in [-0.1, -0.05) is 27.7 Å². The number of nitro groups is 1. The summed E-state index contributed by atoms with van der Waals surface area (Å²) in [6.45, 7) is 10.4. The largest absolute Gasteiger partial charge is 0.481 e. The first kappa shape index (κ1) is 31.6. The summed E-state index contributed by atoms with van der Waals surface area (Å²) in [5.41, 5.74) is 0.811. The van der Waals surface area contributed by atoms with E-state index in [9.17, 15) is 29.3 Å². The average molecular weight is 585 g/mol. The van der Waals surface area contributed by atoms with Gasteiger partial charge in [-0.15, -0.1) is 0 Å². The Kier molecular flexibility index (Phi) is 10.3. The predicted octanol–water partition coefficient (Wildman–Crippen LogP) is 4.47. The van der Waals surface area contributed by atoms with Crippen molar-refractivity contribution in [2.45, 2.75) is 60.7 Å². The number of aromatic nitrogens is 3. The lowest BCUT2D eigenvalue weighted by atomic mass is 10.2. The molecule has 0 atom stereocenters. The molecule has 14 heteroatoms. The van der Waals surface area contributed by atoms with Crippen molar-refractivity contribution in [3.63, 3.8) is 0 Å². The van der Waals surface area contributed by atoms with Gasteiger partial charge in [0.2, 0.25) is 0 Å². The maximum atomic E-state index is 13.4. The van der Waals surface area contributed by atoms with E-state index < -0.39 is 28.7 Å². The highest BCUT2D eigenvalue weighted by Crippen LogP contribution is 2.23. The van der Waals surface area contributed by atoms with Crippen molar-refractivity contribution < 1.29 is 33.9 Å². The molecule has 0 saturated carbocycles. The summed E-state index contributed by atoms with van der Waals surface area (Å²) < 4.78 is 9.68. The lowest BCUT2D eigenvalue weighted by Gasteiger charge is -2.11. The number of hydrogen-bond acceptors (Lipinski definition) is 7. The molecule has 42 heavy (non-hydrogen) atoms. The van der Waals surface area contributed by atoms with Gasteiger partial charge in [0.05, 0.1) is 35.5 Å². The van der Waals surface area contributed by atoms with Crippen LogP contribution in [0.15, 0.2) is 36.8 Å². The molecule has 3 heterocycles. The molecule has 0 bridgehead atoms. The molecule has 0 saturated heterocycles. The van der Waals surface area contributed by atoms with Crippen LogP contribution in [0, 0.1) is 22.0 Å². The number of carbonyl (C=O) groups excluding carboxylic acids is 3. The van der Waals surface area contributed by atoms with Crippen LogP contribution in [0.3, 0.4) is 0 Å². The lowest BCUT2D eigenvalue weighted by molar-refractivity contribution is -0.384. The molecule has 0 aliphatic rings. The first-order chi connectivity index (χ1) is 19.8. The number of aliphatic carboxylic acids is 1. The van der Waals surface area contributed by atoms with E-state index in [-0.39, 0.29) is 59.9 Å². The van der Waals surface area contributed by atoms with E-state index >= 15 is 0 Å². The second-order valence-corrected chi connectivity index (χ2v) is 10.6. The highest BCUT2D eigenvalue weighted by Gasteiger charge is 2.23. The zero-order chi connectivity index (χ0) is 31.1. The molecule has 0 aliphatic carbocycles. The first-order valence-electron chi connectivity index (χ1n) is 13.6. The van der Waals surface area contributed by atoms with Crippen LogP contribution in [0.2, 0.25) is 0 Å². The Morgan fingerprint density at radius 3 is 1.86 bits per heavy atom. The van der Waals surface area contributed by atoms with Crippen LogP contribution in [0.1, 0.15) is 72.5 Å². The van der Waals surface area contributed by atoms with Gasteiger partial charge in [0.25, 0.3) is 17.5 Å². The number of carboxylic acid groups (broad SMARTS) is 1. The summed E-state index contributed by atoms with van der Waals surface area (Å²) in [7, 11) is 0. The van der Waals surface area contributed by atoms with Gasteiger partial charge in [-0.3, -0.25) is 24.5 Å². The van der Waals surface area contributed by atoms with Crippen LogP contribution in [0.4, 0.5) is 17.1 Å². The molecule has 0 fully saturated rings. The summed E-state index contributed by atoms with van der Waals surface area (Å²) in [6, 6.07) is 4.12. The Hall–Kier alpha value is -4.88. The summed E-state index contributed by atoms with van der Waals surface area (Å²) in [5, 5.41) is 25.9. The van der Waals surface area contributed by atoms with Crippen molar-refractivity contribution in [2.75, 3.05) is 17.2 Å². The van der Waals surface area contributed by atoms with E-state index in [0.29, 0.717) is 18.8 Å². The van der Waals surface area contributed by atoms with Gasteiger partial charge in [0, 0.05) is 38.1 Å². The van der Waals surface area contributed by atoms with Gasteiger partial charge in [-0.2, -0.15) is 0 Å². The normalized spacial score (nSPS) is 11.1. The number of nitrogens with zero attached hydrogens (tertiary/aromatic N) is 4. The molecule has 0 unspecified atom stereocenters. The topological polar surface area (TPSA) is 180 Å². The maximum absolute atomic E-state index is 13.4. The number of ether oxygens (including phenoxy) is 1. The number of aryl methyl sites for hydroxylation is 1. The van der Waals surface area contributed by atoms with Gasteiger partial charge in [-0.25, -0.2) is 4.79 Å². The molecule has 0 spiro atoms. The molecule has 226 valence electrons.